The minimum atomic E-state index is -0.111. The summed E-state index contributed by atoms with van der Waals surface area (Å²) >= 11 is 0. The minimum absolute atomic E-state index is 0.0869. The van der Waals surface area contributed by atoms with Crippen molar-refractivity contribution in [2.75, 3.05) is 0 Å². The predicted molar refractivity (Wildman–Crippen MR) is 182 cm³/mol. The van der Waals surface area contributed by atoms with E-state index in [9.17, 15) is 0 Å². The summed E-state index contributed by atoms with van der Waals surface area (Å²) in [5, 5.41) is 7.67. The Morgan fingerprint density at radius 3 is 1.59 bits per heavy atom. The van der Waals surface area contributed by atoms with Crippen LogP contribution < -0.4 is 9.47 Å². The fourth-order valence-corrected chi connectivity index (χ4v) is 6.81. The van der Waals surface area contributed by atoms with Gasteiger partial charge in [-0.3, -0.25) is 0 Å². The van der Waals surface area contributed by atoms with Crippen molar-refractivity contribution in [2.24, 2.45) is 0 Å². The zero-order valence-corrected chi connectivity index (χ0v) is 24.0. The summed E-state index contributed by atoms with van der Waals surface area (Å²) in [5.74, 6) is 1.59. The number of fused-ring (bicyclic) bond motifs is 8. The van der Waals surface area contributed by atoms with E-state index in [0.29, 0.717) is 0 Å². The van der Waals surface area contributed by atoms with Crippen LogP contribution in [0.1, 0.15) is 0 Å². The van der Waals surface area contributed by atoms with Crippen molar-refractivity contribution in [1.29, 1.82) is 0 Å². The summed E-state index contributed by atoms with van der Waals surface area (Å²) in [5.41, 5.74) is 6.99. The molecule has 7 aromatic carbocycles. The third kappa shape index (κ3) is 4.03. The number of allylic oxidation sites excluding steroid dienone is 2. The molecule has 0 bridgehead atoms. The molecular formula is C42H28O2. The van der Waals surface area contributed by atoms with Gasteiger partial charge in [0.1, 0.15) is 0 Å². The first-order valence-corrected chi connectivity index (χ1v) is 15.2. The van der Waals surface area contributed by atoms with Crippen LogP contribution in [0.3, 0.4) is 0 Å². The van der Waals surface area contributed by atoms with E-state index in [4.69, 9.17) is 9.47 Å². The van der Waals surface area contributed by atoms with Crippen LogP contribution >= 0.6 is 0 Å². The molecule has 0 N–H and O–H groups in total. The molecule has 1 heterocycles. The standard InChI is InChI=1S/C42H28O2/c1-2-9-27(10-3-1)30-22-24-36-37(25-30)34-12-5-4-11-33(34)35-23-21-31(26-38(35)36)28-17-19-29(20-18-28)32-13-8-16-41-42(32)44-40-15-7-6-14-39(40)43-41/h1-26,39-40H. The predicted octanol–water partition coefficient (Wildman–Crippen LogP) is 10.8. The quantitative estimate of drug-likeness (QED) is 0.199. The van der Waals surface area contributed by atoms with Gasteiger partial charge in [0.15, 0.2) is 23.7 Å². The highest BCUT2D eigenvalue weighted by Gasteiger charge is 2.30. The van der Waals surface area contributed by atoms with E-state index in [2.05, 4.69) is 127 Å². The maximum Gasteiger partial charge on any atom is 0.170 e. The lowest BCUT2D eigenvalue weighted by atomic mass is 9.90. The lowest BCUT2D eigenvalue weighted by molar-refractivity contribution is 0.0762. The smallest absolute Gasteiger partial charge is 0.170 e. The van der Waals surface area contributed by atoms with E-state index in [-0.39, 0.29) is 12.2 Å². The molecule has 2 unspecified atom stereocenters. The van der Waals surface area contributed by atoms with E-state index in [1.165, 1.54) is 54.6 Å². The monoisotopic (exact) mass is 564 g/mol. The average molecular weight is 565 g/mol. The minimum Gasteiger partial charge on any atom is -0.478 e. The van der Waals surface area contributed by atoms with Crippen LogP contribution in [0.4, 0.5) is 0 Å². The molecular weight excluding hydrogens is 536 g/mol. The van der Waals surface area contributed by atoms with Gasteiger partial charge >= 0.3 is 0 Å². The van der Waals surface area contributed by atoms with Gasteiger partial charge in [0.25, 0.3) is 0 Å². The Balaban J connectivity index is 1.14. The molecule has 9 rings (SSSR count). The third-order valence-electron chi connectivity index (χ3n) is 9.01. The summed E-state index contributed by atoms with van der Waals surface area (Å²) in [6, 6.07) is 48.1. The highest BCUT2D eigenvalue weighted by molar-refractivity contribution is 6.26. The van der Waals surface area contributed by atoms with Crippen LogP contribution in [0, 0.1) is 0 Å². The largest absolute Gasteiger partial charge is 0.478 e. The van der Waals surface area contributed by atoms with Gasteiger partial charge < -0.3 is 9.47 Å². The van der Waals surface area contributed by atoms with Crippen LogP contribution in [0.2, 0.25) is 0 Å². The second-order valence-electron chi connectivity index (χ2n) is 11.6. The van der Waals surface area contributed by atoms with E-state index >= 15 is 0 Å². The van der Waals surface area contributed by atoms with Gasteiger partial charge in [0, 0.05) is 5.56 Å². The van der Waals surface area contributed by atoms with E-state index in [1.54, 1.807) is 0 Å². The molecule has 2 atom stereocenters. The number of para-hydroxylation sites is 1. The summed E-state index contributed by atoms with van der Waals surface area (Å²) in [6.07, 6.45) is 7.94. The Kier molecular flexibility index (Phi) is 5.67. The molecule has 0 saturated heterocycles. The van der Waals surface area contributed by atoms with E-state index in [0.717, 1.165) is 22.6 Å². The molecule has 1 aliphatic carbocycles. The first kappa shape index (κ1) is 24.9. The molecule has 208 valence electrons. The first-order valence-electron chi connectivity index (χ1n) is 15.2. The fourth-order valence-electron chi connectivity index (χ4n) is 6.81. The summed E-state index contributed by atoms with van der Waals surface area (Å²) < 4.78 is 12.7. The number of hydrogen-bond donors (Lipinski definition) is 0. The highest BCUT2D eigenvalue weighted by Crippen LogP contribution is 2.44. The van der Waals surface area contributed by atoms with Crippen molar-refractivity contribution in [3.63, 3.8) is 0 Å². The van der Waals surface area contributed by atoms with E-state index < -0.39 is 0 Å². The maximum absolute atomic E-state index is 6.43. The molecule has 0 fully saturated rings. The zero-order valence-electron chi connectivity index (χ0n) is 24.0. The highest BCUT2D eigenvalue weighted by atomic mass is 16.6. The summed E-state index contributed by atoms with van der Waals surface area (Å²) in [4.78, 5) is 0. The molecule has 0 amide bonds. The van der Waals surface area contributed by atoms with Gasteiger partial charge in [0.05, 0.1) is 0 Å². The van der Waals surface area contributed by atoms with E-state index in [1.807, 2.05) is 30.4 Å². The molecule has 0 radical (unpaired) electrons. The summed E-state index contributed by atoms with van der Waals surface area (Å²) in [6.45, 7) is 0. The molecule has 0 aromatic heterocycles. The zero-order chi connectivity index (χ0) is 29.0. The summed E-state index contributed by atoms with van der Waals surface area (Å²) in [7, 11) is 0. The van der Waals surface area contributed by atoms with Crippen LogP contribution in [-0.2, 0) is 0 Å². The van der Waals surface area contributed by atoms with Crippen molar-refractivity contribution in [3.8, 4) is 44.9 Å². The Morgan fingerprint density at radius 1 is 0.364 bits per heavy atom. The molecule has 1 aliphatic heterocycles. The van der Waals surface area contributed by atoms with Crippen LogP contribution in [0.5, 0.6) is 11.5 Å². The van der Waals surface area contributed by atoms with Gasteiger partial charge in [-0.05, 0) is 90.5 Å². The normalized spacial score (nSPS) is 16.8. The lowest BCUT2D eigenvalue weighted by Gasteiger charge is -2.33. The number of hydrogen-bond acceptors (Lipinski definition) is 2. The van der Waals surface area contributed by atoms with Gasteiger partial charge in [-0.25, -0.2) is 0 Å². The van der Waals surface area contributed by atoms with Gasteiger partial charge in [-0.2, -0.15) is 0 Å². The Bertz CT molecular complexity index is 2280. The number of ether oxygens (including phenoxy) is 2. The van der Waals surface area contributed by atoms with Crippen molar-refractivity contribution in [3.05, 3.63) is 158 Å². The second-order valence-corrected chi connectivity index (χ2v) is 11.6. The third-order valence-corrected chi connectivity index (χ3v) is 9.01. The Hall–Kier alpha value is -5.60. The van der Waals surface area contributed by atoms with Crippen LogP contribution in [0.25, 0.3) is 65.7 Å². The lowest BCUT2D eigenvalue weighted by Crippen LogP contribution is -2.38. The molecule has 44 heavy (non-hydrogen) atoms. The first-order chi connectivity index (χ1) is 21.8. The average Bonchev–Trinajstić information content (AvgIpc) is 3.10. The van der Waals surface area contributed by atoms with Crippen molar-refractivity contribution in [2.45, 2.75) is 12.2 Å². The SMILES string of the molecule is C1=CC2Oc3cccc(-c4ccc(-c5ccc6c7ccccc7c7cc(-c8ccccc8)ccc7c6c5)cc4)c3OC2C=C1. The fraction of sp³-hybridized carbons (Fsp3) is 0.0476. The van der Waals surface area contributed by atoms with Gasteiger partial charge in [-0.1, -0.05) is 127 Å². The van der Waals surface area contributed by atoms with Gasteiger partial charge in [-0.15, -0.1) is 0 Å². The van der Waals surface area contributed by atoms with Crippen molar-refractivity contribution >= 4 is 32.3 Å². The van der Waals surface area contributed by atoms with Crippen LogP contribution in [-0.4, -0.2) is 12.2 Å². The molecule has 7 aromatic rings. The Labute approximate surface area is 256 Å². The number of rotatable bonds is 3. The topological polar surface area (TPSA) is 18.5 Å². The van der Waals surface area contributed by atoms with Crippen molar-refractivity contribution in [1.82, 2.24) is 0 Å². The molecule has 0 saturated carbocycles. The van der Waals surface area contributed by atoms with Gasteiger partial charge in [0.2, 0.25) is 0 Å². The molecule has 2 heteroatoms. The van der Waals surface area contributed by atoms with Crippen LogP contribution in [0.15, 0.2) is 158 Å². The molecule has 2 aliphatic rings. The molecule has 0 spiro atoms. The molecule has 2 nitrogen and oxygen atoms in total. The Morgan fingerprint density at radius 2 is 0.886 bits per heavy atom. The maximum atomic E-state index is 6.43. The van der Waals surface area contributed by atoms with Crippen molar-refractivity contribution < 1.29 is 9.47 Å². The number of benzene rings is 7. The second kappa shape index (κ2) is 10.00.